The molecule has 82 valence electrons. The number of hydrogen-bond acceptors (Lipinski definition) is 4. The van der Waals surface area contributed by atoms with Gasteiger partial charge in [-0.05, 0) is 12.8 Å². The molecule has 0 aromatic carbocycles. The monoisotopic (exact) mass is 236 g/mol. The zero-order chi connectivity index (χ0) is 11.1. The number of carbonyl (C=O) groups is 1. The van der Waals surface area contributed by atoms with Crippen LogP contribution in [0.15, 0.2) is 12.4 Å². The van der Waals surface area contributed by atoms with Crippen LogP contribution >= 0.6 is 11.6 Å². The number of aldehydes is 1. The van der Waals surface area contributed by atoms with Gasteiger partial charge in [0.15, 0.2) is 17.8 Å². The summed E-state index contributed by atoms with van der Waals surface area (Å²) in [5, 5.41) is 7.90. The molecule has 0 aliphatic heterocycles. The summed E-state index contributed by atoms with van der Waals surface area (Å²) in [6.45, 7) is 0. The van der Waals surface area contributed by atoms with Crippen molar-refractivity contribution in [3.63, 3.8) is 0 Å². The second-order valence-electron chi connectivity index (χ2n) is 3.83. The average molecular weight is 237 g/mol. The number of nitrogens with one attached hydrogen (secondary N) is 1. The Kier molecular flexibility index (Phi) is 2.07. The minimum Gasteiger partial charge on any atom is -0.366 e. The fourth-order valence-corrected chi connectivity index (χ4v) is 1.75. The Morgan fingerprint density at radius 1 is 1.50 bits per heavy atom. The topological polar surface area (TPSA) is 59.3 Å². The number of anilines is 1. The number of aromatic nitrogens is 3. The van der Waals surface area contributed by atoms with Crippen molar-refractivity contribution in [3.05, 3.63) is 23.0 Å². The van der Waals surface area contributed by atoms with Gasteiger partial charge in [-0.1, -0.05) is 11.6 Å². The number of halogens is 1. The molecule has 1 N–H and O–H groups in total. The van der Waals surface area contributed by atoms with Gasteiger partial charge in [0.2, 0.25) is 0 Å². The lowest BCUT2D eigenvalue weighted by Crippen LogP contribution is -2.08. The van der Waals surface area contributed by atoms with E-state index in [1.165, 1.54) is 12.4 Å². The van der Waals surface area contributed by atoms with E-state index in [1.54, 1.807) is 4.52 Å². The van der Waals surface area contributed by atoms with Gasteiger partial charge in [-0.25, -0.2) is 4.98 Å². The molecular formula is C10H9ClN4O. The maximum Gasteiger partial charge on any atom is 0.168 e. The highest BCUT2D eigenvalue weighted by Crippen LogP contribution is 2.29. The third kappa shape index (κ3) is 1.44. The standard InChI is InChI=1S/C10H9ClN4O/c11-8-4-12-9-6(5-16)3-13-15(9)10(8)14-7-1-2-7/h3-5,7,14H,1-2H2. The summed E-state index contributed by atoms with van der Waals surface area (Å²) in [6, 6.07) is 0.465. The van der Waals surface area contributed by atoms with Crippen LogP contribution in [0, 0.1) is 0 Å². The lowest BCUT2D eigenvalue weighted by Gasteiger charge is -2.08. The van der Waals surface area contributed by atoms with Gasteiger partial charge in [0.05, 0.1) is 18.0 Å². The predicted molar refractivity (Wildman–Crippen MR) is 60.0 cm³/mol. The molecule has 1 fully saturated rings. The van der Waals surface area contributed by atoms with Gasteiger partial charge >= 0.3 is 0 Å². The van der Waals surface area contributed by atoms with E-state index in [2.05, 4.69) is 15.4 Å². The quantitative estimate of drug-likeness (QED) is 0.826. The van der Waals surface area contributed by atoms with E-state index in [1.807, 2.05) is 0 Å². The molecule has 2 aromatic heterocycles. The molecule has 6 heteroatoms. The Labute approximate surface area is 96.4 Å². The molecule has 0 unspecified atom stereocenters. The molecule has 2 heterocycles. The highest BCUT2D eigenvalue weighted by atomic mass is 35.5. The Bertz CT molecular complexity index is 561. The van der Waals surface area contributed by atoms with Gasteiger partial charge < -0.3 is 5.32 Å². The first-order valence-corrected chi connectivity index (χ1v) is 5.41. The van der Waals surface area contributed by atoms with Crippen molar-refractivity contribution in [2.24, 2.45) is 0 Å². The molecule has 1 aliphatic rings. The van der Waals surface area contributed by atoms with Crippen molar-refractivity contribution >= 4 is 29.4 Å². The molecule has 0 atom stereocenters. The molecule has 1 aliphatic carbocycles. The highest BCUT2D eigenvalue weighted by molar-refractivity contribution is 6.32. The van der Waals surface area contributed by atoms with Crippen LogP contribution in [0.3, 0.4) is 0 Å². The molecule has 16 heavy (non-hydrogen) atoms. The van der Waals surface area contributed by atoms with E-state index in [9.17, 15) is 4.79 Å². The van der Waals surface area contributed by atoms with E-state index < -0.39 is 0 Å². The van der Waals surface area contributed by atoms with Crippen LogP contribution in [0.4, 0.5) is 5.82 Å². The van der Waals surface area contributed by atoms with Gasteiger partial charge in [0.1, 0.15) is 5.02 Å². The number of carbonyl (C=O) groups excluding carboxylic acids is 1. The summed E-state index contributed by atoms with van der Waals surface area (Å²) in [7, 11) is 0. The van der Waals surface area contributed by atoms with Crippen LogP contribution < -0.4 is 5.32 Å². The first kappa shape index (κ1) is 9.59. The predicted octanol–water partition coefficient (Wildman–Crippen LogP) is 1.77. The number of hydrogen-bond donors (Lipinski definition) is 1. The Morgan fingerprint density at radius 2 is 2.31 bits per heavy atom. The summed E-state index contributed by atoms with van der Waals surface area (Å²) in [4.78, 5) is 14.9. The van der Waals surface area contributed by atoms with Gasteiger partial charge in [-0.15, -0.1) is 0 Å². The van der Waals surface area contributed by atoms with E-state index in [0.717, 1.165) is 19.1 Å². The van der Waals surface area contributed by atoms with Crippen molar-refractivity contribution < 1.29 is 4.79 Å². The van der Waals surface area contributed by atoms with Crippen LogP contribution in [-0.4, -0.2) is 26.9 Å². The zero-order valence-electron chi connectivity index (χ0n) is 8.35. The number of fused-ring (bicyclic) bond motifs is 1. The van der Waals surface area contributed by atoms with Gasteiger partial charge in [-0.2, -0.15) is 9.61 Å². The molecule has 2 aromatic rings. The normalized spacial score (nSPS) is 15.3. The lowest BCUT2D eigenvalue weighted by molar-refractivity contribution is 0.112. The van der Waals surface area contributed by atoms with Crippen LogP contribution in [0.5, 0.6) is 0 Å². The summed E-state index contributed by atoms with van der Waals surface area (Å²) in [6.07, 6.45) is 6.05. The van der Waals surface area contributed by atoms with Crippen LogP contribution in [-0.2, 0) is 0 Å². The Balaban J connectivity index is 2.18. The summed E-state index contributed by atoms with van der Waals surface area (Å²) in [5.74, 6) is 0.710. The first-order valence-electron chi connectivity index (χ1n) is 5.03. The smallest absolute Gasteiger partial charge is 0.168 e. The highest BCUT2D eigenvalue weighted by Gasteiger charge is 2.23. The maximum atomic E-state index is 10.8. The van der Waals surface area contributed by atoms with E-state index in [4.69, 9.17) is 11.6 Å². The second kappa shape index (κ2) is 3.45. The van der Waals surface area contributed by atoms with Gasteiger partial charge in [-0.3, -0.25) is 4.79 Å². The fraction of sp³-hybridized carbons (Fsp3) is 0.300. The van der Waals surface area contributed by atoms with Crippen LogP contribution in [0.1, 0.15) is 23.2 Å². The van der Waals surface area contributed by atoms with E-state index in [0.29, 0.717) is 28.1 Å². The van der Waals surface area contributed by atoms with Crippen molar-refractivity contribution in [1.29, 1.82) is 0 Å². The Hall–Kier alpha value is -1.62. The van der Waals surface area contributed by atoms with Gasteiger partial charge in [0.25, 0.3) is 0 Å². The molecular weight excluding hydrogens is 228 g/mol. The van der Waals surface area contributed by atoms with Crippen LogP contribution in [0.2, 0.25) is 5.02 Å². The summed E-state index contributed by atoms with van der Waals surface area (Å²) in [5.41, 5.74) is 0.998. The van der Waals surface area contributed by atoms with E-state index >= 15 is 0 Å². The Morgan fingerprint density at radius 3 is 3.00 bits per heavy atom. The average Bonchev–Trinajstić information content (AvgIpc) is 3.00. The summed E-state index contributed by atoms with van der Waals surface area (Å²) < 4.78 is 1.57. The number of nitrogens with zero attached hydrogens (tertiary/aromatic N) is 3. The van der Waals surface area contributed by atoms with Crippen molar-refractivity contribution in [1.82, 2.24) is 14.6 Å². The molecule has 3 rings (SSSR count). The van der Waals surface area contributed by atoms with E-state index in [-0.39, 0.29) is 0 Å². The largest absolute Gasteiger partial charge is 0.366 e. The van der Waals surface area contributed by atoms with Gasteiger partial charge in [0, 0.05) is 6.04 Å². The maximum absolute atomic E-state index is 10.8. The number of rotatable bonds is 3. The van der Waals surface area contributed by atoms with Crippen molar-refractivity contribution in [2.45, 2.75) is 18.9 Å². The SMILES string of the molecule is O=Cc1cnn2c(NC3CC3)c(Cl)cnc12. The zero-order valence-corrected chi connectivity index (χ0v) is 9.11. The minimum absolute atomic E-state index is 0.465. The molecule has 0 spiro atoms. The second-order valence-corrected chi connectivity index (χ2v) is 4.23. The fourth-order valence-electron chi connectivity index (χ4n) is 1.56. The molecule has 5 nitrogen and oxygen atoms in total. The molecule has 1 saturated carbocycles. The lowest BCUT2D eigenvalue weighted by atomic mass is 10.4. The summed E-state index contributed by atoms with van der Waals surface area (Å²) >= 11 is 6.05. The van der Waals surface area contributed by atoms with Crippen LogP contribution in [0.25, 0.3) is 5.65 Å². The first-order chi connectivity index (χ1) is 7.79. The molecule has 0 saturated heterocycles. The third-order valence-corrected chi connectivity index (χ3v) is 2.83. The molecule has 0 amide bonds. The minimum atomic E-state index is 0.465. The molecule has 0 radical (unpaired) electrons. The third-order valence-electron chi connectivity index (χ3n) is 2.55. The molecule has 0 bridgehead atoms. The van der Waals surface area contributed by atoms with Crippen molar-refractivity contribution in [3.8, 4) is 0 Å². The van der Waals surface area contributed by atoms with Crippen molar-refractivity contribution in [2.75, 3.05) is 5.32 Å².